The van der Waals surface area contributed by atoms with E-state index in [0.717, 1.165) is 6.07 Å². The molecule has 2 aromatic carbocycles. The predicted molar refractivity (Wildman–Crippen MR) is 94.6 cm³/mol. The number of para-hydroxylation sites is 2. The number of hydrogen-bond donors (Lipinski definition) is 2. The van der Waals surface area contributed by atoms with Gasteiger partial charge in [-0.1, -0.05) is 18.2 Å². The van der Waals surface area contributed by atoms with Gasteiger partial charge in [-0.25, -0.2) is 17.5 Å². The fourth-order valence-electron chi connectivity index (χ4n) is 2.40. The number of nitrogen functional groups attached to an aromatic ring is 1. The largest absolute Gasteiger partial charge is 0.382 e. The number of halogens is 1. The van der Waals surface area contributed by atoms with Crippen molar-refractivity contribution in [1.29, 1.82) is 5.26 Å². The Morgan fingerprint density at radius 2 is 2.00 bits per heavy atom. The zero-order valence-corrected chi connectivity index (χ0v) is 14.5. The third-order valence-corrected chi connectivity index (χ3v) is 5.06. The van der Waals surface area contributed by atoms with Crippen molar-refractivity contribution in [2.45, 2.75) is 11.8 Å². The van der Waals surface area contributed by atoms with E-state index in [-0.39, 0.29) is 17.1 Å². The second kappa shape index (κ2) is 6.50. The number of nitrogens with zero attached hydrogens (tertiary/aromatic N) is 3. The lowest BCUT2D eigenvalue weighted by atomic mass is 10.2. The highest BCUT2D eigenvalue weighted by atomic mass is 32.2. The molecule has 0 spiro atoms. The fraction of sp³-hybridized carbons (Fsp3) is 0.0588. The maximum Gasteiger partial charge on any atom is 0.264 e. The van der Waals surface area contributed by atoms with Gasteiger partial charge in [0.15, 0.2) is 0 Å². The third-order valence-electron chi connectivity index (χ3n) is 3.68. The van der Waals surface area contributed by atoms with Gasteiger partial charge in [-0.05, 0) is 36.8 Å². The Morgan fingerprint density at radius 3 is 2.69 bits per heavy atom. The average molecular weight is 371 g/mol. The van der Waals surface area contributed by atoms with Gasteiger partial charge in [0.2, 0.25) is 0 Å². The summed E-state index contributed by atoms with van der Waals surface area (Å²) in [4.78, 5) is -0.460. The molecule has 0 aliphatic heterocycles. The van der Waals surface area contributed by atoms with Crippen molar-refractivity contribution < 1.29 is 12.8 Å². The van der Waals surface area contributed by atoms with Gasteiger partial charge in [0.25, 0.3) is 10.0 Å². The number of hydrogen-bond acceptors (Lipinski definition) is 5. The quantitative estimate of drug-likeness (QED) is 0.732. The molecular formula is C17H14FN5O2S. The highest BCUT2D eigenvalue weighted by Crippen LogP contribution is 2.27. The Balaban J connectivity index is 2.08. The molecule has 0 amide bonds. The Hall–Kier alpha value is -3.38. The number of aromatic nitrogens is 2. The van der Waals surface area contributed by atoms with Gasteiger partial charge in [0.05, 0.1) is 17.6 Å². The molecule has 9 heteroatoms. The van der Waals surface area contributed by atoms with Crippen LogP contribution < -0.4 is 10.5 Å². The monoisotopic (exact) mass is 371 g/mol. The van der Waals surface area contributed by atoms with Crippen LogP contribution >= 0.6 is 0 Å². The van der Waals surface area contributed by atoms with Crippen LogP contribution in [-0.2, 0) is 10.0 Å². The molecule has 1 heterocycles. The number of nitriles is 1. The van der Waals surface area contributed by atoms with E-state index in [2.05, 4.69) is 9.82 Å². The molecule has 1 aromatic heterocycles. The van der Waals surface area contributed by atoms with Crippen LogP contribution in [0.5, 0.6) is 0 Å². The third kappa shape index (κ3) is 3.10. The smallest absolute Gasteiger partial charge is 0.264 e. The van der Waals surface area contributed by atoms with Crippen LogP contribution in [0, 0.1) is 24.1 Å². The number of rotatable bonds is 4. The number of anilines is 2. The SMILES string of the molecule is Cc1ccc(F)c(S(=O)(=O)Nc2ccccc2-n2ncc(C#N)c2N)c1. The van der Waals surface area contributed by atoms with E-state index in [0.29, 0.717) is 11.3 Å². The van der Waals surface area contributed by atoms with Gasteiger partial charge in [-0.3, -0.25) is 4.72 Å². The fourth-order valence-corrected chi connectivity index (χ4v) is 3.63. The molecule has 0 aliphatic rings. The Morgan fingerprint density at radius 1 is 1.27 bits per heavy atom. The van der Waals surface area contributed by atoms with Crippen molar-refractivity contribution in [2.75, 3.05) is 10.5 Å². The number of aryl methyl sites for hydroxylation is 1. The van der Waals surface area contributed by atoms with Gasteiger partial charge >= 0.3 is 0 Å². The Kier molecular flexibility index (Phi) is 4.36. The maximum absolute atomic E-state index is 14.0. The molecule has 0 fully saturated rings. The van der Waals surface area contributed by atoms with Crippen LogP contribution in [0.1, 0.15) is 11.1 Å². The van der Waals surface area contributed by atoms with Gasteiger partial charge in [-0.2, -0.15) is 10.4 Å². The summed E-state index contributed by atoms with van der Waals surface area (Å²) in [7, 11) is -4.18. The first-order valence-electron chi connectivity index (χ1n) is 7.45. The molecule has 3 aromatic rings. The summed E-state index contributed by atoms with van der Waals surface area (Å²) in [5.41, 5.74) is 7.09. The van der Waals surface area contributed by atoms with Gasteiger partial charge in [0.1, 0.15) is 28.2 Å². The normalized spacial score (nSPS) is 11.1. The van der Waals surface area contributed by atoms with Crippen molar-refractivity contribution >= 4 is 21.5 Å². The van der Waals surface area contributed by atoms with E-state index >= 15 is 0 Å². The molecule has 0 aliphatic carbocycles. The molecular weight excluding hydrogens is 357 g/mol. The lowest BCUT2D eigenvalue weighted by Crippen LogP contribution is -2.17. The van der Waals surface area contributed by atoms with Gasteiger partial charge in [0, 0.05) is 0 Å². The van der Waals surface area contributed by atoms with Crippen LogP contribution in [0.3, 0.4) is 0 Å². The van der Waals surface area contributed by atoms with E-state index in [4.69, 9.17) is 11.0 Å². The molecule has 0 saturated carbocycles. The van der Waals surface area contributed by atoms with Crippen molar-refractivity contribution in [3.05, 3.63) is 65.6 Å². The summed E-state index contributed by atoms with van der Waals surface area (Å²) >= 11 is 0. The van der Waals surface area contributed by atoms with Crippen LogP contribution in [0.4, 0.5) is 15.9 Å². The molecule has 3 rings (SSSR count). The second-order valence-corrected chi connectivity index (χ2v) is 7.17. The summed E-state index contributed by atoms with van der Waals surface area (Å²) < 4.78 is 42.9. The van der Waals surface area contributed by atoms with Crippen molar-refractivity contribution in [2.24, 2.45) is 0 Å². The molecule has 26 heavy (non-hydrogen) atoms. The highest BCUT2D eigenvalue weighted by Gasteiger charge is 2.21. The minimum Gasteiger partial charge on any atom is -0.382 e. The number of benzene rings is 2. The molecule has 3 N–H and O–H groups in total. The summed E-state index contributed by atoms with van der Waals surface area (Å²) in [5, 5.41) is 13.0. The summed E-state index contributed by atoms with van der Waals surface area (Å²) in [6, 6.07) is 12.1. The first-order valence-corrected chi connectivity index (χ1v) is 8.94. The molecule has 0 saturated heterocycles. The predicted octanol–water partition coefficient (Wildman–Crippen LogP) is 2.57. The topological polar surface area (TPSA) is 114 Å². The number of sulfonamides is 1. The van der Waals surface area contributed by atoms with Gasteiger partial charge < -0.3 is 5.73 Å². The minimum atomic E-state index is -4.18. The Labute approximate surface area is 149 Å². The summed E-state index contributed by atoms with van der Waals surface area (Å²) in [6.45, 7) is 1.67. The van der Waals surface area contributed by atoms with E-state index in [1.54, 1.807) is 25.1 Å². The molecule has 132 valence electrons. The standard InChI is InChI=1S/C17H14FN5O2S/c1-11-6-7-13(18)16(8-11)26(24,25)22-14-4-2-3-5-15(14)23-17(20)12(9-19)10-21-23/h2-8,10,22H,20H2,1H3. The molecule has 0 radical (unpaired) electrons. The van der Waals surface area contributed by atoms with E-state index in [9.17, 15) is 12.8 Å². The summed E-state index contributed by atoms with van der Waals surface area (Å²) in [6.07, 6.45) is 1.28. The second-order valence-electron chi connectivity index (χ2n) is 5.52. The first kappa shape index (κ1) is 17.4. The molecule has 0 atom stereocenters. The van der Waals surface area contributed by atoms with Crippen LogP contribution in [0.15, 0.2) is 53.6 Å². The number of nitrogens with two attached hydrogens (primary N) is 1. The van der Waals surface area contributed by atoms with Crippen molar-refractivity contribution in [1.82, 2.24) is 9.78 Å². The summed E-state index contributed by atoms with van der Waals surface area (Å²) in [5.74, 6) is -0.785. The average Bonchev–Trinajstić information content (AvgIpc) is 2.97. The van der Waals surface area contributed by atoms with Crippen LogP contribution in [0.25, 0.3) is 5.69 Å². The lowest BCUT2D eigenvalue weighted by molar-refractivity contribution is 0.570. The molecule has 7 nitrogen and oxygen atoms in total. The zero-order chi connectivity index (χ0) is 18.9. The number of nitrogens with one attached hydrogen (secondary N) is 1. The zero-order valence-electron chi connectivity index (χ0n) is 13.6. The van der Waals surface area contributed by atoms with E-state index in [1.165, 1.54) is 29.1 Å². The van der Waals surface area contributed by atoms with E-state index in [1.807, 2.05) is 6.07 Å². The van der Waals surface area contributed by atoms with Crippen LogP contribution in [-0.4, -0.2) is 18.2 Å². The van der Waals surface area contributed by atoms with Crippen molar-refractivity contribution in [3.8, 4) is 11.8 Å². The Bertz CT molecular complexity index is 1130. The maximum atomic E-state index is 14.0. The van der Waals surface area contributed by atoms with Crippen molar-refractivity contribution in [3.63, 3.8) is 0 Å². The van der Waals surface area contributed by atoms with Crippen LogP contribution in [0.2, 0.25) is 0 Å². The molecule has 0 bridgehead atoms. The minimum absolute atomic E-state index is 0.0703. The first-order chi connectivity index (χ1) is 12.3. The lowest BCUT2D eigenvalue weighted by Gasteiger charge is -2.14. The van der Waals surface area contributed by atoms with Gasteiger partial charge in [-0.15, -0.1) is 0 Å². The highest BCUT2D eigenvalue weighted by molar-refractivity contribution is 7.92. The molecule has 0 unspecified atom stereocenters. The van der Waals surface area contributed by atoms with E-state index < -0.39 is 20.7 Å².